The summed E-state index contributed by atoms with van der Waals surface area (Å²) in [6.45, 7) is 2.97. The number of ether oxygens (including phenoxy) is 1. The number of hydrogen-bond acceptors (Lipinski definition) is 3. The predicted molar refractivity (Wildman–Crippen MR) is 53.7 cm³/mol. The van der Waals surface area contributed by atoms with E-state index in [4.69, 9.17) is 4.74 Å². The third kappa shape index (κ3) is 2.43. The fraction of sp³-hybridized carbons (Fsp3) is 0.300. The summed E-state index contributed by atoms with van der Waals surface area (Å²) in [5, 5.41) is 10.6. The van der Waals surface area contributed by atoms with Crippen LogP contribution in [0.25, 0.3) is 0 Å². The number of nitro benzene ring substituents is 1. The average Bonchev–Trinajstić information content (AvgIpc) is 2.26. The van der Waals surface area contributed by atoms with Crippen molar-refractivity contribution in [3.8, 4) is 5.75 Å². The van der Waals surface area contributed by atoms with Gasteiger partial charge in [0, 0.05) is 12.0 Å². The van der Waals surface area contributed by atoms with Crippen molar-refractivity contribution in [3.05, 3.63) is 40.8 Å². The van der Waals surface area contributed by atoms with Crippen LogP contribution in [-0.4, -0.2) is 18.7 Å². The van der Waals surface area contributed by atoms with Gasteiger partial charge >= 0.3 is 5.69 Å². The van der Waals surface area contributed by atoms with Crippen molar-refractivity contribution in [3.63, 3.8) is 0 Å². The number of nitro groups is 1. The second-order valence-electron chi connectivity index (χ2n) is 3.04. The molecule has 0 N–H and O–H groups in total. The standard InChI is InChI=1S/C10H11FNO3/c1-7(6-11)8-3-4-9(12(13)14)10(5-8)15-2/h3-5,7H,1,6H2,2H3. The fourth-order valence-corrected chi connectivity index (χ4v) is 1.19. The van der Waals surface area contributed by atoms with Gasteiger partial charge in [-0.1, -0.05) is 6.07 Å². The lowest BCUT2D eigenvalue weighted by Gasteiger charge is -2.08. The van der Waals surface area contributed by atoms with Crippen LogP contribution >= 0.6 is 0 Å². The SMILES string of the molecule is [CH2]C(CF)c1ccc([N+](=O)[O-])c(OC)c1. The van der Waals surface area contributed by atoms with Crippen molar-refractivity contribution in [2.24, 2.45) is 0 Å². The molecule has 0 aliphatic carbocycles. The maximum Gasteiger partial charge on any atom is 0.310 e. The summed E-state index contributed by atoms with van der Waals surface area (Å²) in [7, 11) is 1.33. The van der Waals surface area contributed by atoms with Crippen LogP contribution in [0, 0.1) is 17.0 Å². The van der Waals surface area contributed by atoms with Crippen LogP contribution in [-0.2, 0) is 0 Å². The summed E-state index contributed by atoms with van der Waals surface area (Å²) in [4.78, 5) is 10.0. The molecule has 1 aromatic carbocycles. The molecule has 1 aromatic rings. The van der Waals surface area contributed by atoms with Crippen molar-refractivity contribution < 1.29 is 14.1 Å². The smallest absolute Gasteiger partial charge is 0.310 e. The second kappa shape index (κ2) is 4.72. The highest BCUT2D eigenvalue weighted by Crippen LogP contribution is 2.30. The Labute approximate surface area is 86.8 Å². The molecule has 0 aromatic heterocycles. The summed E-state index contributed by atoms with van der Waals surface area (Å²) in [6, 6.07) is 4.22. The average molecular weight is 212 g/mol. The van der Waals surface area contributed by atoms with E-state index in [1.807, 2.05) is 0 Å². The van der Waals surface area contributed by atoms with E-state index in [-0.39, 0.29) is 11.4 Å². The monoisotopic (exact) mass is 212 g/mol. The molecule has 0 aliphatic heterocycles. The van der Waals surface area contributed by atoms with Crippen molar-refractivity contribution in [2.45, 2.75) is 5.92 Å². The lowest BCUT2D eigenvalue weighted by molar-refractivity contribution is -0.385. The molecule has 15 heavy (non-hydrogen) atoms. The molecule has 0 heterocycles. The Balaban J connectivity index is 3.13. The third-order valence-corrected chi connectivity index (χ3v) is 2.06. The molecule has 0 saturated heterocycles. The minimum atomic E-state index is -0.610. The maximum atomic E-state index is 12.3. The number of methoxy groups -OCH3 is 1. The molecule has 0 amide bonds. The Bertz CT molecular complexity index is 368. The zero-order chi connectivity index (χ0) is 11.4. The molecule has 5 heteroatoms. The van der Waals surface area contributed by atoms with Crippen LogP contribution < -0.4 is 4.74 Å². The first-order chi connectivity index (χ1) is 7.10. The maximum absolute atomic E-state index is 12.3. The molecular formula is C10H11FNO3. The summed E-state index contributed by atoms with van der Waals surface area (Å²) in [5.74, 6) is -0.403. The molecule has 4 nitrogen and oxygen atoms in total. The topological polar surface area (TPSA) is 52.4 Å². The lowest BCUT2D eigenvalue weighted by Crippen LogP contribution is -1.99. The summed E-state index contributed by atoms with van der Waals surface area (Å²) >= 11 is 0. The van der Waals surface area contributed by atoms with Gasteiger partial charge in [-0.2, -0.15) is 0 Å². The van der Waals surface area contributed by atoms with Crippen molar-refractivity contribution in [2.75, 3.05) is 13.8 Å². The minimum Gasteiger partial charge on any atom is -0.490 e. The lowest BCUT2D eigenvalue weighted by atomic mass is 10.0. The Morgan fingerprint density at radius 2 is 2.33 bits per heavy atom. The molecule has 1 rings (SSSR count). The van der Waals surface area contributed by atoms with Crippen LogP contribution in [0.1, 0.15) is 11.5 Å². The van der Waals surface area contributed by atoms with Gasteiger partial charge in [0.25, 0.3) is 0 Å². The van der Waals surface area contributed by atoms with Gasteiger partial charge in [0.2, 0.25) is 0 Å². The van der Waals surface area contributed by atoms with Crippen molar-refractivity contribution in [1.29, 1.82) is 0 Å². The molecule has 0 bridgehead atoms. The number of halogens is 1. The van der Waals surface area contributed by atoms with E-state index in [1.54, 1.807) is 0 Å². The van der Waals surface area contributed by atoms with E-state index < -0.39 is 17.5 Å². The predicted octanol–water partition coefficient (Wildman–Crippen LogP) is 2.49. The summed E-state index contributed by atoms with van der Waals surface area (Å²) in [5.41, 5.74) is 0.451. The van der Waals surface area contributed by atoms with Crippen molar-refractivity contribution in [1.82, 2.24) is 0 Å². The molecule has 0 aliphatic rings. The quantitative estimate of drug-likeness (QED) is 0.569. The molecule has 81 valence electrons. The van der Waals surface area contributed by atoms with Gasteiger partial charge in [0.1, 0.15) is 0 Å². The highest BCUT2D eigenvalue weighted by molar-refractivity contribution is 5.49. The minimum absolute atomic E-state index is 0.125. The Morgan fingerprint density at radius 3 is 2.80 bits per heavy atom. The van der Waals surface area contributed by atoms with E-state index in [1.165, 1.54) is 25.3 Å². The molecule has 1 unspecified atom stereocenters. The zero-order valence-corrected chi connectivity index (χ0v) is 8.27. The first-order valence-corrected chi connectivity index (χ1v) is 4.31. The first kappa shape index (κ1) is 11.4. The van der Waals surface area contributed by atoms with Crippen LogP contribution in [0.2, 0.25) is 0 Å². The van der Waals surface area contributed by atoms with Gasteiger partial charge in [-0.15, -0.1) is 0 Å². The van der Waals surface area contributed by atoms with Crippen molar-refractivity contribution >= 4 is 5.69 Å². The summed E-state index contributed by atoms with van der Waals surface area (Å²) < 4.78 is 17.2. The molecule has 0 fully saturated rings. The Kier molecular flexibility index (Phi) is 3.60. The first-order valence-electron chi connectivity index (χ1n) is 4.31. The second-order valence-corrected chi connectivity index (χ2v) is 3.04. The van der Waals surface area contributed by atoms with Gasteiger partial charge in [-0.05, 0) is 18.6 Å². The molecule has 0 spiro atoms. The van der Waals surface area contributed by atoms with Crippen LogP contribution in [0.15, 0.2) is 18.2 Å². The van der Waals surface area contributed by atoms with Crippen LogP contribution in [0.3, 0.4) is 0 Å². The van der Waals surface area contributed by atoms with Gasteiger partial charge in [-0.25, -0.2) is 0 Å². The highest BCUT2D eigenvalue weighted by Gasteiger charge is 2.16. The van der Waals surface area contributed by atoms with E-state index >= 15 is 0 Å². The molecular weight excluding hydrogens is 201 g/mol. The highest BCUT2D eigenvalue weighted by atomic mass is 19.1. The third-order valence-electron chi connectivity index (χ3n) is 2.06. The van der Waals surface area contributed by atoms with Crippen LogP contribution in [0.5, 0.6) is 5.75 Å². The number of alkyl halides is 1. The molecule has 1 radical (unpaired) electrons. The van der Waals surface area contributed by atoms with Gasteiger partial charge in [0.15, 0.2) is 5.75 Å². The van der Waals surface area contributed by atoms with E-state index in [0.29, 0.717) is 5.56 Å². The molecule has 0 saturated carbocycles. The normalized spacial score (nSPS) is 12.2. The van der Waals surface area contributed by atoms with E-state index in [9.17, 15) is 14.5 Å². The Morgan fingerprint density at radius 1 is 1.67 bits per heavy atom. The van der Waals surface area contributed by atoms with Gasteiger partial charge in [-0.3, -0.25) is 14.5 Å². The zero-order valence-electron chi connectivity index (χ0n) is 8.27. The van der Waals surface area contributed by atoms with E-state index in [0.717, 1.165) is 0 Å². The fourth-order valence-electron chi connectivity index (χ4n) is 1.19. The Hall–Kier alpha value is -1.65. The van der Waals surface area contributed by atoms with Gasteiger partial charge in [0.05, 0.1) is 18.7 Å². The number of rotatable bonds is 4. The van der Waals surface area contributed by atoms with Gasteiger partial charge < -0.3 is 4.74 Å². The van der Waals surface area contributed by atoms with E-state index in [2.05, 4.69) is 6.92 Å². The summed E-state index contributed by atoms with van der Waals surface area (Å²) in [6.07, 6.45) is 0. The number of nitrogens with zero attached hydrogens (tertiary/aromatic N) is 1. The van der Waals surface area contributed by atoms with Crippen LogP contribution in [0.4, 0.5) is 10.1 Å². The number of hydrogen-bond donors (Lipinski definition) is 0. The largest absolute Gasteiger partial charge is 0.490 e. The molecule has 1 atom stereocenters. The number of benzene rings is 1.